The van der Waals surface area contributed by atoms with E-state index in [1.54, 1.807) is 19.1 Å². The predicted molar refractivity (Wildman–Crippen MR) is 118 cm³/mol. The second-order valence-electron chi connectivity index (χ2n) is 6.67. The van der Waals surface area contributed by atoms with Gasteiger partial charge in [0.05, 0.1) is 5.71 Å². The van der Waals surface area contributed by atoms with Gasteiger partial charge in [0.2, 0.25) is 5.96 Å². The summed E-state index contributed by atoms with van der Waals surface area (Å²) in [5, 5.41) is 13.8. The standard InChI is InChI=1S/C22H20N6O/c1-13(27-28-22(23)24)14-6-9-16(10-7-14)25-21(29)20-12-18-17-5-3-2-4-15(17)8-11-19(18)26-20/h2-12,26H,1H3,(H,25,29)(H4,23,24,28)/b27-13-. The van der Waals surface area contributed by atoms with E-state index < -0.39 is 0 Å². The summed E-state index contributed by atoms with van der Waals surface area (Å²) in [5.41, 5.74) is 14.2. The first-order valence-electron chi connectivity index (χ1n) is 9.07. The van der Waals surface area contributed by atoms with Crippen molar-refractivity contribution in [3.8, 4) is 0 Å². The number of hydrogen-bond donors (Lipinski definition) is 4. The number of amides is 1. The van der Waals surface area contributed by atoms with Crippen LogP contribution in [-0.2, 0) is 0 Å². The molecule has 0 fully saturated rings. The molecule has 0 atom stereocenters. The van der Waals surface area contributed by atoms with Crippen molar-refractivity contribution in [2.45, 2.75) is 6.92 Å². The number of benzene rings is 3. The van der Waals surface area contributed by atoms with E-state index in [1.807, 2.05) is 42.5 Å². The van der Waals surface area contributed by atoms with Crippen molar-refractivity contribution < 1.29 is 4.79 Å². The predicted octanol–water partition coefficient (Wildman–Crippen LogP) is 3.57. The van der Waals surface area contributed by atoms with Crippen LogP contribution in [0.4, 0.5) is 5.69 Å². The maximum Gasteiger partial charge on any atom is 0.272 e. The molecule has 0 spiro atoms. The van der Waals surface area contributed by atoms with Crippen LogP contribution >= 0.6 is 0 Å². The van der Waals surface area contributed by atoms with E-state index in [2.05, 4.69) is 32.6 Å². The number of nitrogens with two attached hydrogens (primary N) is 2. The summed E-state index contributed by atoms with van der Waals surface area (Å²) in [6.07, 6.45) is 0. The summed E-state index contributed by atoms with van der Waals surface area (Å²) in [6.45, 7) is 1.80. The van der Waals surface area contributed by atoms with E-state index in [0.29, 0.717) is 17.1 Å². The van der Waals surface area contributed by atoms with Gasteiger partial charge in [-0.2, -0.15) is 5.10 Å². The van der Waals surface area contributed by atoms with Crippen LogP contribution in [-0.4, -0.2) is 22.6 Å². The number of rotatable bonds is 4. The van der Waals surface area contributed by atoms with E-state index >= 15 is 0 Å². The van der Waals surface area contributed by atoms with Crippen LogP contribution in [0.25, 0.3) is 21.7 Å². The normalized spacial score (nSPS) is 11.6. The molecule has 29 heavy (non-hydrogen) atoms. The Morgan fingerprint density at radius 1 is 0.931 bits per heavy atom. The van der Waals surface area contributed by atoms with Crippen LogP contribution in [0.5, 0.6) is 0 Å². The second kappa shape index (κ2) is 7.47. The molecule has 4 aromatic rings. The Kier molecular flexibility index (Phi) is 4.70. The van der Waals surface area contributed by atoms with Crippen molar-refractivity contribution in [2.24, 2.45) is 21.7 Å². The van der Waals surface area contributed by atoms with Crippen molar-refractivity contribution in [1.82, 2.24) is 4.98 Å². The number of carbonyl (C=O) groups excluding carboxylic acids is 1. The molecule has 1 amide bonds. The number of nitrogens with zero attached hydrogens (tertiary/aromatic N) is 2. The lowest BCUT2D eigenvalue weighted by molar-refractivity contribution is 0.102. The third-order valence-electron chi connectivity index (χ3n) is 4.65. The fraction of sp³-hybridized carbons (Fsp3) is 0.0455. The molecule has 6 N–H and O–H groups in total. The monoisotopic (exact) mass is 384 g/mol. The average Bonchev–Trinajstić information content (AvgIpc) is 3.17. The van der Waals surface area contributed by atoms with Gasteiger partial charge in [-0.15, -0.1) is 5.10 Å². The van der Waals surface area contributed by atoms with Gasteiger partial charge in [-0.25, -0.2) is 0 Å². The quantitative estimate of drug-likeness (QED) is 0.244. The molecule has 7 nitrogen and oxygen atoms in total. The number of nitrogens with one attached hydrogen (secondary N) is 2. The van der Waals surface area contributed by atoms with Crippen molar-refractivity contribution in [3.63, 3.8) is 0 Å². The summed E-state index contributed by atoms with van der Waals surface area (Å²) in [4.78, 5) is 15.9. The van der Waals surface area contributed by atoms with Gasteiger partial charge in [0.25, 0.3) is 5.91 Å². The van der Waals surface area contributed by atoms with E-state index in [9.17, 15) is 4.79 Å². The van der Waals surface area contributed by atoms with Gasteiger partial charge >= 0.3 is 0 Å². The number of hydrogen-bond acceptors (Lipinski definition) is 3. The number of fused-ring (bicyclic) bond motifs is 3. The van der Waals surface area contributed by atoms with Crippen molar-refractivity contribution >= 4 is 44.9 Å². The molecule has 1 heterocycles. The van der Waals surface area contributed by atoms with Crippen LogP contribution in [0.1, 0.15) is 23.0 Å². The zero-order valence-corrected chi connectivity index (χ0v) is 15.8. The molecule has 144 valence electrons. The summed E-state index contributed by atoms with van der Waals surface area (Å²) in [5.74, 6) is -0.303. The Bertz CT molecular complexity index is 1260. The first-order chi connectivity index (χ1) is 14.0. The Balaban J connectivity index is 1.56. The van der Waals surface area contributed by atoms with Gasteiger partial charge in [-0.1, -0.05) is 42.5 Å². The largest absolute Gasteiger partial charge is 0.369 e. The third-order valence-corrected chi connectivity index (χ3v) is 4.65. The fourth-order valence-electron chi connectivity index (χ4n) is 3.19. The van der Waals surface area contributed by atoms with Crippen molar-refractivity contribution in [3.05, 3.63) is 78.0 Å². The van der Waals surface area contributed by atoms with E-state index in [-0.39, 0.29) is 11.9 Å². The number of aromatic amines is 1. The Morgan fingerprint density at radius 3 is 2.45 bits per heavy atom. The topological polar surface area (TPSA) is 122 Å². The van der Waals surface area contributed by atoms with Crippen LogP contribution < -0.4 is 16.8 Å². The highest BCUT2D eigenvalue weighted by atomic mass is 16.1. The van der Waals surface area contributed by atoms with Gasteiger partial charge in [-0.3, -0.25) is 4.79 Å². The molecular weight excluding hydrogens is 364 g/mol. The van der Waals surface area contributed by atoms with Gasteiger partial charge < -0.3 is 21.8 Å². The molecule has 7 heteroatoms. The van der Waals surface area contributed by atoms with Gasteiger partial charge in [0, 0.05) is 16.6 Å². The van der Waals surface area contributed by atoms with E-state index in [4.69, 9.17) is 11.5 Å². The smallest absolute Gasteiger partial charge is 0.272 e. The first-order valence-corrected chi connectivity index (χ1v) is 9.07. The van der Waals surface area contributed by atoms with Gasteiger partial charge in [-0.05, 0) is 47.5 Å². The summed E-state index contributed by atoms with van der Waals surface area (Å²) < 4.78 is 0. The zero-order valence-electron chi connectivity index (χ0n) is 15.8. The minimum absolute atomic E-state index is 0.0978. The minimum atomic E-state index is -0.205. The summed E-state index contributed by atoms with van der Waals surface area (Å²) in [7, 11) is 0. The zero-order chi connectivity index (χ0) is 20.4. The molecule has 4 rings (SSSR count). The Morgan fingerprint density at radius 2 is 1.69 bits per heavy atom. The highest BCUT2D eigenvalue weighted by Gasteiger charge is 2.12. The number of aromatic nitrogens is 1. The molecule has 0 saturated carbocycles. The molecule has 3 aromatic carbocycles. The minimum Gasteiger partial charge on any atom is -0.369 e. The fourth-order valence-corrected chi connectivity index (χ4v) is 3.19. The molecule has 0 unspecified atom stereocenters. The van der Waals surface area contributed by atoms with Crippen LogP contribution in [0.15, 0.2) is 76.9 Å². The summed E-state index contributed by atoms with van der Waals surface area (Å²) >= 11 is 0. The second-order valence-corrected chi connectivity index (χ2v) is 6.67. The molecule has 0 aliphatic rings. The number of carbonyl (C=O) groups is 1. The van der Waals surface area contributed by atoms with E-state index in [1.165, 1.54) is 0 Å². The molecule has 0 bridgehead atoms. The van der Waals surface area contributed by atoms with Crippen molar-refractivity contribution in [1.29, 1.82) is 0 Å². The Hall–Kier alpha value is -4.13. The van der Waals surface area contributed by atoms with Crippen LogP contribution in [0, 0.1) is 0 Å². The maximum absolute atomic E-state index is 12.7. The van der Waals surface area contributed by atoms with Crippen LogP contribution in [0.2, 0.25) is 0 Å². The van der Waals surface area contributed by atoms with Crippen molar-refractivity contribution in [2.75, 3.05) is 5.32 Å². The SMILES string of the molecule is C/C(=N/N=C(N)N)c1ccc(NC(=O)c2cc3c(ccc4ccccc43)[nH]2)cc1. The van der Waals surface area contributed by atoms with E-state index in [0.717, 1.165) is 27.2 Å². The molecule has 0 saturated heterocycles. The lowest BCUT2D eigenvalue weighted by Gasteiger charge is -2.05. The highest BCUT2D eigenvalue weighted by molar-refractivity contribution is 6.12. The molecule has 0 aliphatic carbocycles. The van der Waals surface area contributed by atoms with Gasteiger partial charge in [0.15, 0.2) is 0 Å². The lowest BCUT2D eigenvalue weighted by Crippen LogP contribution is -2.22. The molecular formula is C22H20N6O. The maximum atomic E-state index is 12.7. The molecule has 0 radical (unpaired) electrons. The highest BCUT2D eigenvalue weighted by Crippen LogP contribution is 2.26. The average molecular weight is 384 g/mol. The molecule has 0 aliphatic heterocycles. The summed E-state index contributed by atoms with van der Waals surface area (Å²) in [6, 6.07) is 21.3. The third kappa shape index (κ3) is 3.79. The first kappa shape index (κ1) is 18.2. The lowest BCUT2D eigenvalue weighted by atomic mass is 10.1. The number of H-pyrrole nitrogens is 1. The number of guanidine groups is 1. The van der Waals surface area contributed by atoms with Gasteiger partial charge in [0.1, 0.15) is 5.69 Å². The Labute approximate surface area is 167 Å². The molecule has 1 aromatic heterocycles. The number of anilines is 1. The van der Waals surface area contributed by atoms with Crippen LogP contribution in [0.3, 0.4) is 0 Å².